The fraction of sp³-hybridized carbons (Fsp3) is 0.625. The lowest BCUT2D eigenvalue weighted by atomic mass is 10.2. The summed E-state index contributed by atoms with van der Waals surface area (Å²) >= 11 is 0. The first-order chi connectivity index (χ1) is 9.96. The molecule has 0 bridgehead atoms. The van der Waals surface area contributed by atoms with Gasteiger partial charge in [0.1, 0.15) is 0 Å². The number of hydrogen-bond donors (Lipinski definition) is 0. The van der Waals surface area contributed by atoms with Crippen LogP contribution in [-0.4, -0.2) is 50.3 Å². The molecule has 0 unspecified atom stereocenters. The topological polar surface area (TPSA) is 40.6 Å². The number of benzene rings is 1. The van der Waals surface area contributed by atoms with Gasteiger partial charge in [0, 0.05) is 32.7 Å². The summed E-state index contributed by atoms with van der Waals surface area (Å²) in [5.41, 5.74) is 1.94. The molecule has 1 saturated carbocycles. The Balaban J connectivity index is 1.70. The van der Waals surface area contributed by atoms with Crippen LogP contribution in [0.25, 0.3) is 0 Å². The van der Waals surface area contributed by atoms with E-state index in [0.29, 0.717) is 18.0 Å². The fourth-order valence-electron chi connectivity index (χ4n) is 3.05. The first kappa shape index (κ1) is 15.0. The van der Waals surface area contributed by atoms with Gasteiger partial charge in [-0.3, -0.25) is 0 Å². The Morgan fingerprint density at radius 1 is 1.10 bits per heavy atom. The lowest BCUT2D eigenvalue weighted by molar-refractivity contribution is 0.182. The summed E-state index contributed by atoms with van der Waals surface area (Å²) in [5, 5.41) is 0. The second-order valence-electron chi connectivity index (χ2n) is 6.42. The Bertz CT molecular complexity index is 615. The van der Waals surface area contributed by atoms with Crippen LogP contribution < -0.4 is 0 Å². The molecule has 1 aromatic carbocycles. The quantitative estimate of drug-likeness (QED) is 0.854. The van der Waals surface area contributed by atoms with Crippen molar-refractivity contribution >= 4 is 10.0 Å². The number of nitrogens with zero attached hydrogens (tertiary/aromatic N) is 2. The fourth-order valence-corrected chi connectivity index (χ4v) is 4.67. The molecule has 116 valence electrons. The van der Waals surface area contributed by atoms with Gasteiger partial charge >= 0.3 is 0 Å². The third kappa shape index (κ3) is 3.30. The molecule has 1 aliphatic heterocycles. The second kappa shape index (κ2) is 5.71. The van der Waals surface area contributed by atoms with E-state index < -0.39 is 10.0 Å². The molecule has 1 heterocycles. The van der Waals surface area contributed by atoms with E-state index in [9.17, 15) is 8.42 Å². The minimum absolute atomic E-state index is 0.462. The molecule has 0 atom stereocenters. The summed E-state index contributed by atoms with van der Waals surface area (Å²) in [7, 11) is -3.34. The molecule has 1 aromatic rings. The van der Waals surface area contributed by atoms with Gasteiger partial charge in [0.05, 0.1) is 4.90 Å². The summed E-state index contributed by atoms with van der Waals surface area (Å²) in [6.07, 6.45) is 2.70. The van der Waals surface area contributed by atoms with Crippen LogP contribution in [0.5, 0.6) is 0 Å². The van der Waals surface area contributed by atoms with Crippen LogP contribution in [0, 0.1) is 19.8 Å². The highest BCUT2D eigenvalue weighted by Crippen LogP contribution is 2.30. The zero-order valence-electron chi connectivity index (χ0n) is 12.9. The molecule has 0 radical (unpaired) electrons. The van der Waals surface area contributed by atoms with Crippen molar-refractivity contribution in [3.63, 3.8) is 0 Å². The maximum atomic E-state index is 12.8. The van der Waals surface area contributed by atoms with Crippen molar-refractivity contribution in [1.82, 2.24) is 9.21 Å². The normalized spacial score (nSPS) is 21.6. The predicted octanol–water partition coefficient (Wildman–Crippen LogP) is 2.02. The van der Waals surface area contributed by atoms with Crippen LogP contribution in [-0.2, 0) is 10.0 Å². The summed E-state index contributed by atoms with van der Waals surface area (Å²) in [6.45, 7) is 7.97. The molecule has 21 heavy (non-hydrogen) atoms. The first-order valence-corrected chi connectivity index (χ1v) is 9.20. The van der Waals surface area contributed by atoms with Gasteiger partial charge in [-0.2, -0.15) is 4.31 Å². The number of hydrogen-bond acceptors (Lipinski definition) is 3. The van der Waals surface area contributed by atoms with Crippen LogP contribution in [0.3, 0.4) is 0 Å². The monoisotopic (exact) mass is 308 g/mol. The van der Waals surface area contributed by atoms with Gasteiger partial charge in [0.25, 0.3) is 0 Å². The summed E-state index contributed by atoms with van der Waals surface area (Å²) in [5.74, 6) is 0.868. The molecular weight excluding hydrogens is 284 g/mol. The second-order valence-corrected chi connectivity index (χ2v) is 8.32. The third-order valence-corrected chi connectivity index (χ3v) is 6.55. The Kier molecular flexibility index (Phi) is 4.08. The maximum absolute atomic E-state index is 12.8. The van der Waals surface area contributed by atoms with Crippen LogP contribution in [0.1, 0.15) is 24.0 Å². The molecule has 0 amide bonds. The molecule has 0 N–H and O–H groups in total. The predicted molar refractivity (Wildman–Crippen MR) is 83.8 cm³/mol. The Morgan fingerprint density at radius 2 is 1.76 bits per heavy atom. The molecule has 0 spiro atoms. The van der Waals surface area contributed by atoms with Gasteiger partial charge in [-0.05, 0) is 44.2 Å². The highest BCUT2D eigenvalue weighted by molar-refractivity contribution is 7.89. The largest absolute Gasteiger partial charge is 0.300 e. The van der Waals surface area contributed by atoms with Crippen LogP contribution in [0.2, 0.25) is 0 Å². The van der Waals surface area contributed by atoms with Crippen molar-refractivity contribution in [2.24, 2.45) is 5.92 Å². The summed E-state index contributed by atoms with van der Waals surface area (Å²) < 4.78 is 27.2. The van der Waals surface area contributed by atoms with E-state index in [1.807, 2.05) is 26.0 Å². The third-order valence-electron chi connectivity index (χ3n) is 4.49. The van der Waals surface area contributed by atoms with E-state index in [1.54, 1.807) is 10.4 Å². The zero-order valence-corrected chi connectivity index (χ0v) is 13.7. The van der Waals surface area contributed by atoms with E-state index in [1.165, 1.54) is 12.8 Å². The summed E-state index contributed by atoms with van der Waals surface area (Å²) in [6, 6.07) is 5.57. The van der Waals surface area contributed by atoms with Gasteiger partial charge in [-0.15, -0.1) is 0 Å². The molecule has 1 saturated heterocycles. The smallest absolute Gasteiger partial charge is 0.243 e. The van der Waals surface area contributed by atoms with E-state index in [0.717, 1.165) is 36.7 Å². The van der Waals surface area contributed by atoms with Crippen LogP contribution in [0.15, 0.2) is 23.1 Å². The van der Waals surface area contributed by atoms with Crippen LogP contribution >= 0.6 is 0 Å². The standard InChI is InChI=1S/C16H24N2O2S/c1-13-3-6-16(14(2)11-13)21(19,20)18-9-7-17(8-10-18)12-15-4-5-15/h3,6,11,15H,4-5,7-10,12H2,1-2H3. The van der Waals surface area contributed by atoms with Gasteiger partial charge in [0.2, 0.25) is 10.0 Å². The molecule has 3 rings (SSSR count). The van der Waals surface area contributed by atoms with E-state index in [2.05, 4.69) is 4.90 Å². The highest BCUT2D eigenvalue weighted by Gasteiger charge is 2.31. The molecule has 0 aromatic heterocycles. The van der Waals surface area contributed by atoms with Crippen molar-refractivity contribution in [3.05, 3.63) is 29.3 Å². The summed E-state index contributed by atoms with van der Waals surface area (Å²) in [4.78, 5) is 2.87. The van der Waals surface area contributed by atoms with Crippen molar-refractivity contribution in [3.8, 4) is 0 Å². The number of sulfonamides is 1. The van der Waals surface area contributed by atoms with Crippen molar-refractivity contribution in [1.29, 1.82) is 0 Å². The lowest BCUT2D eigenvalue weighted by Crippen LogP contribution is -2.49. The first-order valence-electron chi connectivity index (χ1n) is 7.76. The number of aryl methyl sites for hydroxylation is 2. The maximum Gasteiger partial charge on any atom is 0.243 e. The van der Waals surface area contributed by atoms with Crippen molar-refractivity contribution < 1.29 is 8.42 Å². The van der Waals surface area contributed by atoms with E-state index >= 15 is 0 Å². The van der Waals surface area contributed by atoms with Crippen molar-refractivity contribution in [2.75, 3.05) is 32.7 Å². The lowest BCUT2D eigenvalue weighted by Gasteiger charge is -2.34. The average molecular weight is 308 g/mol. The van der Waals surface area contributed by atoms with E-state index in [4.69, 9.17) is 0 Å². The van der Waals surface area contributed by atoms with Crippen LogP contribution in [0.4, 0.5) is 0 Å². The van der Waals surface area contributed by atoms with Gasteiger partial charge in [0.15, 0.2) is 0 Å². The zero-order chi connectivity index (χ0) is 15.0. The molecule has 2 fully saturated rings. The molecule has 2 aliphatic rings. The Hall–Kier alpha value is -0.910. The minimum atomic E-state index is -3.34. The average Bonchev–Trinajstić information content (AvgIpc) is 3.23. The molecular formula is C16H24N2O2S. The van der Waals surface area contributed by atoms with Gasteiger partial charge < -0.3 is 4.90 Å². The highest BCUT2D eigenvalue weighted by atomic mass is 32.2. The minimum Gasteiger partial charge on any atom is -0.300 e. The molecule has 1 aliphatic carbocycles. The molecule has 5 heteroatoms. The number of piperazine rings is 1. The molecule has 4 nitrogen and oxygen atoms in total. The Labute approximate surface area is 127 Å². The van der Waals surface area contributed by atoms with Gasteiger partial charge in [-0.25, -0.2) is 8.42 Å². The number of rotatable bonds is 4. The SMILES string of the molecule is Cc1ccc(S(=O)(=O)N2CCN(CC3CC3)CC2)c(C)c1. The Morgan fingerprint density at radius 3 is 2.33 bits per heavy atom. The van der Waals surface area contributed by atoms with Gasteiger partial charge in [-0.1, -0.05) is 17.7 Å². The van der Waals surface area contributed by atoms with Crippen molar-refractivity contribution in [2.45, 2.75) is 31.6 Å². The van der Waals surface area contributed by atoms with E-state index in [-0.39, 0.29) is 0 Å².